The van der Waals surface area contributed by atoms with Crippen molar-refractivity contribution in [3.05, 3.63) is 57.1 Å². The van der Waals surface area contributed by atoms with Gasteiger partial charge in [0.25, 0.3) is 5.91 Å². The first kappa shape index (κ1) is 15.6. The summed E-state index contributed by atoms with van der Waals surface area (Å²) >= 11 is 3.38. The van der Waals surface area contributed by atoms with Gasteiger partial charge in [-0.2, -0.15) is 0 Å². The van der Waals surface area contributed by atoms with E-state index < -0.39 is 0 Å². The average Bonchev–Trinajstić information content (AvgIpc) is 2.36. The van der Waals surface area contributed by atoms with Gasteiger partial charge in [0.15, 0.2) is 0 Å². The van der Waals surface area contributed by atoms with Crippen LogP contribution in [-0.4, -0.2) is 13.0 Å². The number of hydrogen-bond donors (Lipinski definition) is 1. The zero-order valence-electron chi connectivity index (χ0n) is 12.7. The Bertz CT molecular complexity index is 687. The highest BCUT2D eigenvalue weighted by Gasteiger charge is 2.19. The third-order valence-corrected chi connectivity index (χ3v) is 4.04. The number of aryl methyl sites for hydroxylation is 3. The molecular formula is C17H19BrN2O. The van der Waals surface area contributed by atoms with Crippen LogP contribution < -0.4 is 10.6 Å². The molecule has 4 heteroatoms. The minimum absolute atomic E-state index is 0.0426. The molecule has 0 radical (unpaired) electrons. The second kappa shape index (κ2) is 5.90. The zero-order valence-corrected chi connectivity index (χ0v) is 14.3. The number of benzene rings is 2. The molecule has 1 amide bonds. The van der Waals surface area contributed by atoms with Crippen molar-refractivity contribution in [2.24, 2.45) is 0 Å². The average molecular weight is 347 g/mol. The van der Waals surface area contributed by atoms with Gasteiger partial charge < -0.3 is 10.6 Å². The summed E-state index contributed by atoms with van der Waals surface area (Å²) in [4.78, 5) is 14.4. The predicted molar refractivity (Wildman–Crippen MR) is 91.9 cm³/mol. The molecule has 0 aliphatic carbocycles. The number of nitrogen functional groups attached to an aromatic ring is 1. The van der Waals surface area contributed by atoms with Gasteiger partial charge in [0, 0.05) is 17.1 Å². The first-order valence-electron chi connectivity index (χ1n) is 6.72. The van der Waals surface area contributed by atoms with Crippen LogP contribution in [0.2, 0.25) is 0 Å². The Hall–Kier alpha value is -1.81. The van der Waals surface area contributed by atoms with Gasteiger partial charge in [-0.05, 0) is 50.1 Å². The van der Waals surface area contributed by atoms with Crippen molar-refractivity contribution in [3.8, 4) is 0 Å². The Morgan fingerprint density at radius 2 is 1.67 bits per heavy atom. The Morgan fingerprint density at radius 3 is 2.19 bits per heavy atom. The number of anilines is 2. The number of nitrogens with two attached hydrogens (primary N) is 1. The maximum absolute atomic E-state index is 12.8. The summed E-state index contributed by atoms with van der Waals surface area (Å²) in [7, 11) is 1.75. The van der Waals surface area contributed by atoms with Crippen LogP contribution in [0.25, 0.3) is 0 Å². The van der Waals surface area contributed by atoms with Gasteiger partial charge in [0.05, 0.1) is 11.4 Å². The molecule has 0 saturated carbocycles. The fraction of sp³-hybridized carbons (Fsp3) is 0.235. The molecule has 2 N–H and O–H groups in total. The van der Waals surface area contributed by atoms with Crippen LogP contribution >= 0.6 is 15.9 Å². The van der Waals surface area contributed by atoms with Crippen molar-refractivity contribution >= 4 is 33.2 Å². The zero-order chi connectivity index (χ0) is 15.7. The standard InChI is InChI=1S/C17H19BrN2O/c1-10-7-11(2)16(12(3)8-10)17(21)20(4)15-6-5-13(18)9-14(15)19/h5-9H,19H2,1-4H3. The molecule has 0 spiro atoms. The maximum Gasteiger partial charge on any atom is 0.258 e. The molecule has 2 aromatic carbocycles. The first-order valence-corrected chi connectivity index (χ1v) is 7.51. The minimum Gasteiger partial charge on any atom is -0.397 e. The van der Waals surface area contributed by atoms with E-state index in [1.165, 1.54) is 0 Å². The number of rotatable bonds is 2. The lowest BCUT2D eigenvalue weighted by Crippen LogP contribution is -2.28. The maximum atomic E-state index is 12.8. The van der Waals surface area contributed by atoms with E-state index in [9.17, 15) is 4.79 Å². The van der Waals surface area contributed by atoms with Crippen LogP contribution in [0.15, 0.2) is 34.8 Å². The van der Waals surface area contributed by atoms with Crippen molar-refractivity contribution in [1.82, 2.24) is 0 Å². The van der Waals surface area contributed by atoms with Gasteiger partial charge >= 0.3 is 0 Å². The van der Waals surface area contributed by atoms with E-state index in [0.29, 0.717) is 11.4 Å². The molecule has 0 unspecified atom stereocenters. The Labute approximate surface area is 133 Å². The molecule has 0 aliphatic heterocycles. The van der Waals surface area contributed by atoms with Crippen LogP contribution in [0, 0.1) is 20.8 Å². The summed E-state index contributed by atoms with van der Waals surface area (Å²) in [5.41, 5.74) is 11.2. The monoisotopic (exact) mass is 346 g/mol. The third-order valence-electron chi connectivity index (χ3n) is 3.55. The van der Waals surface area contributed by atoms with Gasteiger partial charge in [-0.3, -0.25) is 4.79 Å². The fourth-order valence-electron chi connectivity index (χ4n) is 2.63. The van der Waals surface area contributed by atoms with Crippen molar-refractivity contribution in [2.45, 2.75) is 20.8 Å². The Balaban J connectivity index is 2.45. The number of nitrogens with zero attached hydrogens (tertiary/aromatic N) is 1. The van der Waals surface area contributed by atoms with Gasteiger partial charge in [-0.15, -0.1) is 0 Å². The van der Waals surface area contributed by atoms with Gasteiger partial charge in [0.1, 0.15) is 0 Å². The highest BCUT2D eigenvalue weighted by atomic mass is 79.9. The van der Waals surface area contributed by atoms with Gasteiger partial charge in [-0.25, -0.2) is 0 Å². The smallest absolute Gasteiger partial charge is 0.258 e. The molecule has 0 atom stereocenters. The van der Waals surface area contributed by atoms with Crippen molar-refractivity contribution < 1.29 is 4.79 Å². The molecule has 0 heterocycles. The summed E-state index contributed by atoms with van der Waals surface area (Å²) < 4.78 is 0.896. The molecule has 0 bridgehead atoms. The molecule has 0 aromatic heterocycles. The SMILES string of the molecule is Cc1cc(C)c(C(=O)N(C)c2ccc(Br)cc2N)c(C)c1. The van der Waals surface area contributed by atoms with Crippen LogP contribution in [0.4, 0.5) is 11.4 Å². The highest BCUT2D eigenvalue weighted by Crippen LogP contribution is 2.28. The summed E-state index contributed by atoms with van der Waals surface area (Å²) in [6.07, 6.45) is 0. The fourth-order valence-corrected chi connectivity index (χ4v) is 3.00. The molecule has 3 nitrogen and oxygen atoms in total. The molecule has 0 fully saturated rings. The number of halogens is 1. The molecule has 0 aliphatic rings. The quantitative estimate of drug-likeness (QED) is 0.827. The highest BCUT2D eigenvalue weighted by molar-refractivity contribution is 9.10. The lowest BCUT2D eigenvalue weighted by Gasteiger charge is -2.22. The van der Waals surface area contributed by atoms with Crippen LogP contribution in [0.3, 0.4) is 0 Å². The molecule has 2 rings (SSSR count). The van der Waals surface area contributed by atoms with Crippen LogP contribution in [0.5, 0.6) is 0 Å². The van der Waals surface area contributed by atoms with Crippen LogP contribution in [0.1, 0.15) is 27.0 Å². The molecule has 21 heavy (non-hydrogen) atoms. The normalized spacial score (nSPS) is 10.5. The summed E-state index contributed by atoms with van der Waals surface area (Å²) in [5.74, 6) is -0.0426. The van der Waals surface area contributed by atoms with Crippen molar-refractivity contribution in [2.75, 3.05) is 17.7 Å². The van der Waals surface area contributed by atoms with E-state index in [4.69, 9.17) is 5.73 Å². The number of amides is 1. The largest absolute Gasteiger partial charge is 0.397 e. The van der Waals surface area contributed by atoms with E-state index >= 15 is 0 Å². The Morgan fingerprint density at radius 1 is 1.10 bits per heavy atom. The van der Waals surface area contributed by atoms with E-state index in [1.807, 2.05) is 45.0 Å². The number of carbonyl (C=O) groups excluding carboxylic acids is 1. The van der Waals surface area contributed by atoms with E-state index in [1.54, 1.807) is 18.0 Å². The van der Waals surface area contributed by atoms with Crippen LogP contribution in [-0.2, 0) is 0 Å². The van der Waals surface area contributed by atoms with Crippen molar-refractivity contribution in [3.63, 3.8) is 0 Å². The topological polar surface area (TPSA) is 46.3 Å². The van der Waals surface area contributed by atoms with E-state index in [-0.39, 0.29) is 5.91 Å². The third kappa shape index (κ3) is 3.10. The van der Waals surface area contributed by atoms with Crippen molar-refractivity contribution in [1.29, 1.82) is 0 Å². The minimum atomic E-state index is -0.0426. The van der Waals surface area contributed by atoms with Gasteiger partial charge in [0.2, 0.25) is 0 Å². The molecular weight excluding hydrogens is 328 g/mol. The second-order valence-corrected chi connectivity index (χ2v) is 6.26. The summed E-state index contributed by atoms with van der Waals surface area (Å²) in [5, 5.41) is 0. The summed E-state index contributed by atoms with van der Waals surface area (Å²) in [6, 6.07) is 9.58. The lowest BCUT2D eigenvalue weighted by atomic mass is 9.98. The molecule has 2 aromatic rings. The van der Waals surface area contributed by atoms with E-state index in [2.05, 4.69) is 15.9 Å². The summed E-state index contributed by atoms with van der Waals surface area (Å²) in [6.45, 7) is 5.96. The predicted octanol–water partition coefficient (Wildman–Crippen LogP) is 4.23. The first-order chi connectivity index (χ1) is 9.81. The van der Waals surface area contributed by atoms with Gasteiger partial charge in [-0.1, -0.05) is 33.6 Å². The molecule has 0 saturated heterocycles. The lowest BCUT2D eigenvalue weighted by molar-refractivity contribution is 0.0992. The van der Waals surface area contributed by atoms with E-state index in [0.717, 1.165) is 26.7 Å². The second-order valence-electron chi connectivity index (χ2n) is 5.34. The molecule has 110 valence electrons. The number of carbonyl (C=O) groups is 1. The number of hydrogen-bond acceptors (Lipinski definition) is 2. The Kier molecular flexibility index (Phi) is 4.37.